The number of rotatable bonds is 2. The summed E-state index contributed by atoms with van der Waals surface area (Å²) in [5.74, 6) is -0.0649. The van der Waals surface area contributed by atoms with E-state index < -0.39 is 0 Å². The first-order valence-corrected chi connectivity index (χ1v) is 4.64. The zero-order chi connectivity index (χ0) is 10.7. The van der Waals surface area contributed by atoms with E-state index >= 15 is 0 Å². The van der Waals surface area contributed by atoms with Crippen LogP contribution in [-0.4, -0.2) is 5.78 Å². The van der Waals surface area contributed by atoms with E-state index in [0.29, 0.717) is 16.8 Å². The second-order valence-electron chi connectivity index (χ2n) is 3.21. The Balaban J connectivity index is 0.00000128. The van der Waals surface area contributed by atoms with E-state index in [1.54, 1.807) is 30.3 Å². The standard InChI is InChI=1S/C13H10NO.W/c14-12-9-5-4-8-11(12)13(15)10-6-2-1-3-7-10;/h1-3,5-9H,14H2;/q-1;. The Labute approximate surface area is 109 Å². The van der Waals surface area contributed by atoms with Gasteiger partial charge in [0.25, 0.3) is 0 Å². The quantitative estimate of drug-likeness (QED) is 0.494. The van der Waals surface area contributed by atoms with Crippen LogP contribution in [0.3, 0.4) is 0 Å². The molecule has 0 fully saturated rings. The van der Waals surface area contributed by atoms with Gasteiger partial charge in [-0.3, -0.25) is 0 Å². The van der Waals surface area contributed by atoms with E-state index in [1.165, 1.54) is 0 Å². The van der Waals surface area contributed by atoms with Gasteiger partial charge in [0.1, 0.15) is 5.78 Å². The minimum Gasteiger partial charge on any atom is -0.419 e. The Hall–Kier alpha value is -1.40. The van der Waals surface area contributed by atoms with Crippen LogP contribution in [0.4, 0.5) is 5.69 Å². The summed E-state index contributed by atoms with van der Waals surface area (Å²) in [6.07, 6.45) is 0. The normalized spacial score (nSPS) is 9.25. The molecule has 0 unspecified atom stereocenters. The second-order valence-corrected chi connectivity index (χ2v) is 3.21. The number of ketones is 1. The van der Waals surface area contributed by atoms with Crippen LogP contribution in [0.2, 0.25) is 0 Å². The molecule has 0 saturated carbocycles. The van der Waals surface area contributed by atoms with Crippen molar-refractivity contribution in [2.45, 2.75) is 0 Å². The number of carbonyl (C=O) groups is 1. The summed E-state index contributed by atoms with van der Waals surface area (Å²) in [5.41, 5.74) is 7.35. The number of benzene rings is 2. The van der Waals surface area contributed by atoms with E-state index in [1.807, 2.05) is 18.2 Å². The van der Waals surface area contributed by atoms with Crippen molar-refractivity contribution < 1.29 is 25.9 Å². The predicted molar refractivity (Wildman–Crippen MR) is 59.6 cm³/mol. The van der Waals surface area contributed by atoms with Gasteiger partial charge in [-0.2, -0.15) is 18.2 Å². The van der Waals surface area contributed by atoms with Crippen LogP contribution in [0, 0.1) is 6.07 Å². The van der Waals surface area contributed by atoms with Gasteiger partial charge >= 0.3 is 0 Å². The fraction of sp³-hybridized carbons (Fsp3) is 0. The monoisotopic (exact) mass is 380 g/mol. The van der Waals surface area contributed by atoms with Crippen LogP contribution in [0.25, 0.3) is 0 Å². The molecule has 2 aromatic carbocycles. The predicted octanol–water partition coefficient (Wildman–Crippen LogP) is 2.30. The molecule has 2 rings (SSSR count). The van der Waals surface area contributed by atoms with Crippen molar-refractivity contribution in [1.29, 1.82) is 0 Å². The molecule has 0 aliphatic rings. The van der Waals surface area contributed by atoms with Gasteiger partial charge in [-0.15, -0.1) is 6.07 Å². The molecular weight excluding hydrogens is 370 g/mol. The minimum atomic E-state index is -0.0649. The van der Waals surface area contributed by atoms with E-state index in [2.05, 4.69) is 6.07 Å². The first-order valence-electron chi connectivity index (χ1n) is 4.64. The first kappa shape index (κ1) is 12.7. The van der Waals surface area contributed by atoms with E-state index in [-0.39, 0.29) is 26.8 Å². The van der Waals surface area contributed by atoms with Gasteiger partial charge in [-0.1, -0.05) is 41.6 Å². The van der Waals surface area contributed by atoms with Crippen LogP contribution in [-0.2, 0) is 21.1 Å². The fourth-order valence-electron chi connectivity index (χ4n) is 1.38. The van der Waals surface area contributed by atoms with Crippen LogP contribution >= 0.6 is 0 Å². The van der Waals surface area contributed by atoms with Gasteiger partial charge in [0.2, 0.25) is 0 Å². The Kier molecular flexibility index (Phi) is 4.45. The van der Waals surface area contributed by atoms with Crippen LogP contribution < -0.4 is 5.73 Å². The smallest absolute Gasteiger partial charge is 0.140 e. The van der Waals surface area contributed by atoms with Crippen LogP contribution in [0.5, 0.6) is 0 Å². The molecule has 0 amide bonds. The molecule has 0 aromatic heterocycles. The maximum absolute atomic E-state index is 12.0. The summed E-state index contributed by atoms with van der Waals surface area (Å²) in [4.78, 5) is 12.0. The molecule has 0 heterocycles. The third kappa shape index (κ3) is 2.59. The molecule has 0 aliphatic heterocycles. The Morgan fingerprint density at radius 3 is 2.44 bits per heavy atom. The number of nitrogen functional groups attached to an aromatic ring is 1. The van der Waals surface area contributed by atoms with Gasteiger partial charge in [-0.05, 0) is 0 Å². The third-order valence-corrected chi connectivity index (χ3v) is 2.18. The van der Waals surface area contributed by atoms with Crippen molar-refractivity contribution in [1.82, 2.24) is 0 Å². The van der Waals surface area contributed by atoms with Crippen molar-refractivity contribution in [3.05, 3.63) is 65.7 Å². The summed E-state index contributed by atoms with van der Waals surface area (Å²) in [5, 5.41) is 0. The fourth-order valence-corrected chi connectivity index (χ4v) is 1.38. The molecule has 3 heteroatoms. The molecular formula is C13H10NOW-. The maximum atomic E-state index is 12.0. The SMILES string of the molecule is Nc1cc[c-]cc1C(=O)c1ccccc1.[W]. The second kappa shape index (κ2) is 5.62. The van der Waals surface area contributed by atoms with Gasteiger partial charge < -0.3 is 10.5 Å². The van der Waals surface area contributed by atoms with E-state index in [9.17, 15) is 4.79 Å². The van der Waals surface area contributed by atoms with E-state index in [0.717, 1.165) is 0 Å². The molecule has 0 atom stereocenters. The topological polar surface area (TPSA) is 43.1 Å². The Morgan fingerprint density at radius 2 is 1.81 bits per heavy atom. The van der Waals surface area contributed by atoms with Crippen LogP contribution in [0.1, 0.15) is 15.9 Å². The number of hydrogen-bond donors (Lipinski definition) is 1. The zero-order valence-corrected chi connectivity index (χ0v) is 11.4. The number of nitrogens with two attached hydrogens (primary N) is 1. The molecule has 2 N–H and O–H groups in total. The van der Waals surface area contributed by atoms with Crippen molar-refractivity contribution in [2.75, 3.05) is 5.73 Å². The zero-order valence-electron chi connectivity index (χ0n) is 8.51. The minimum absolute atomic E-state index is 0. The van der Waals surface area contributed by atoms with Gasteiger partial charge in [0, 0.05) is 26.6 Å². The molecule has 2 aromatic rings. The molecule has 0 radical (unpaired) electrons. The van der Waals surface area contributed by atoms with Gasteiger partial charge in [0.15, 0.2) is 0 Å². The number of anilines is 1. The van der Waals surface area contributed by atoms with Gasteiger partial charge in [0.05, 0.1) is 0 Å². The number of carbonyl (C=O) groups excluding carboxylic acids is 1. The maximum Gasteiger partial charge on any atom is 0.140 e. The molecule has 2 nitrogen and oxygen atoms in total. The van der Waals surface area contributed by atoms with Crippen molar-refractivity contribution in [3.8, 4) is 0 Å². The summed E-state index contributed by atoms with van der Waals surface area (Å²) >= 11 is 0. The molecule has 0 saturated heterocycles. The number of hydrogen-bond acceptors (Lipinski definition) is 2. The summed E-state index contributed by atoms with van der Waals surface area (Å²) in [6.45, 7) is 0. The molecule has 16 heavy (non-hydrogen) atoms. The third-order valence-electron chi connectivity index (χ3n) is 2.18. The molecule has 0 aliphatic carbocycles. The summed E-state index contributed by atoms with van der Waals surface area (Å²) in [6, 6.07) is 16.9. The molecule has 0 spiro atoms. The van der Waals surface area contributed by atoms with Crippen molar-refractivity contribution in [3.63, 3.8) is 0 Å². The average molecular weight is 380 g/mol. The Morgan fingerprint density at radius 1 is 1.12 bits per heavy atom. The molecule has 80 valence electrons. The van der Waals surface area contributed by atoms with Gasteiger partial charge in [-0.25, -0.2) is 0 Å². The Bertz CT molecular complexity index is 482. The summed E-state index contributed by atoms with van der Waals surface area (Å²) < 4.78 is 0. The average Bonchev–Trinajstić information content (AvgIpc) is 2.30. The van der Waals surface area contributed by atoms with Crippen LogP contribution in [0.15, 0.2) is 48.5 Å². The van der Waals surface area contributed by atoms with Crippen molar-refractivity contribution in [2.24, 2.45) is 0 Å². The first-order chi connectivity index (χ1) is 7.29. The largest absolute Gasteiger partial charge is 0.419 e. The summed E-state index contributed by atoms with van der Waals surface area (Å²) in [7, 11) is 0. The van der Waals surface area contributed by atoms with Crippen molar-refractivity contribution >= 4 is 11.5 Å². The molecule has 0 bridgehead atoms. The van der Waals surface area contributed by atoms with E-state index in [4.69, 9.17) is 5.73 Å².